The van der Waals surface area contributed by atoms with E-state index >= 15 is 0 Å². The van der Waals surface area contributed by atoms with E-state index in [-0.39, 0.29) is 37.5 Å². The molecule has 1 unspecified atom stereocenters. The number of aliphatic hydroxyl groups is 1. The zero-order chi connectivity index (χ0) is 49.5. The molecule has 66 heavy (non-hydrogen) atoms. The van der Waals surface area contributed by atoms with Crippen molar-refractivity contribution in [2.45, 2.75) is 206 Å². The van der Waals surface area contributed by atoms with Gasteiger partial charge in [-0.05, 0) is 79.8 Å². The molecule has 0 bridgehead atoms. The second-order valence-electron chi connectivity index (χ2n) is 18.7. The lowest BCUT2D eigenvalue weighted by Gasteiger charge is -2.51. The maximum Gasteiger partial charge on any atom is 0.309 e. The third-order valence-electron chi connectivity index (χ3n) is 11.9. The molecule has 0 aliphatic carbocycles. The van der Waals surface area contributed by atoms with Crippen molar-refractivity contribution in [2.75, 3.05) is 27.8 Å². The molecule has 3 rings (SSSR count). The van der Waals surface area contributed by atoms with Crippen molar-refractivity contribution in [3.63, 3.8) is 0 Å². The van der Waals surface area contributed by atoms with Crippen LogP contribution in [0, 0.1) is 17.8 Å². The fourth-order valence-corrected chi connectivity index (χ4v) is 9.04. The number of nitrogens with zero attached hydrogens (tertiary/aromatic N) is 1. The van der Waals surface area contributed by atoms with Crippen molar-refractivity contribution < 1.29 is 81.2 Å². The number of esters is 4. The Morgan fingerprint density at radius 2 is 1.62 bits per heavy atom. The number of hydrogen-bond acceptors (Lipinski definition) is 18. The molecule has 3 aliphatic heterocycles. The molecule has 17 atom stereocenters. The van der Waals surface area contributed by atoms with Gasteiger partial charge in [0.25, 0.3) is 0 Å². The maximum atomic E-state index is 13.5. The molecule has 0 aromatic heterocycles. The Kier molecular flexibility index (Phi) is 23.3. The van der Waals surface area contributed by atoms with E-state index in [0.717, 1.165) is 6.29 Å². The van der Waals surface area contributed by atoms with Crippen LogP contribution in [0.25, 0.3) is 0 Å². The van der Waals surface area contributed by atoms with Gasteiger partial charge in [-0.1, -0.05) is 45.1 Å². The molecule has 0 aromatic carbocycles. The summed E-state index contributed by atoms with van der Waals surface area (Å²) in [5.74, 6) is -3.40. The average molecular weight is 942 g/mol. The fraction of sp³-hybridized carbons (Fsp3) is 0.812. The van der Waals surface area contributed by atoms with Crippen LogP contribution in [0.4, 0.5) is 0 Å². The second-order valence-corrected chi connectivity index (χ2v) is 18.7. The fourth-order valence-electron chi connectivity index (χ4n) is 9.04. The summed E-state index contributed by atoms with van der Waals surface area (Å²) in [6.45, 7) is 19.1. The molecule has 0 amide bonds. The van der Waals surface area contributed by atoms with E-state index in [2.05, 4.69) is 0 Å². The summed E-state index contributed by atoms with van der Waals surface area (Å²) >= 11 is 0. The molecule has 18 heteroatoms. The largest absolute Gasteiger partial charge is 0.462 e. The quantitative estimate of drug-likeness (QED) is 0.0881. The first-order chi connectivity index (χ1) is 31.0. The Labute approximate surface area is 391 Å². The summed E-state index contributed by atoms with van der Waals surface area (Å²) in [5.41, 5.74) is -1.53. The summed E-state index contributed by atoms with van der Waals surface area (Å²) in [5, 5.41) is 11.6. The minimum atomic E-state index is -1.53. The molecule has 0 radical (unpaired) electrons. The van der Waals surface area contributed by atoms with E-state index in [9.17, 15) is 29.1 Å². The molecule has 378 valence electrons. The van der Waals surface area contributed by atoms with Crippen LogP contribution in [-0.2, 0) is 76.1 Å². The van der Waals surface area contributed by atoms with E-state index in [0.29, 0.717) is 13.0 Å². The van der Waals surface area contributed by atoms with E-state index < -0.39 is 128 Å². The number of likely N-dealkylation sites (N-methyl/N-ethyl adjacent to an activating group) is 1. The Morgan fingerprint density at radius 3 is 2.20 bits per heavy atom. The number of hydrogen-bond donors (Lipinski definition) is 1. The lowest BCUT2D eigenvalue weighted by Crippen LogP contribution is -2.66. The number of ether oxygens (including phenoxy) is 11. The lowest BCUT2D eigenvalue weighted by atomic mass is 9.82. The molecule has 1 N–H and O–H groups in total. The highest BCUT2D eigenvalue weighted by Crippen LogP contribution is 2.39. The molecule has 3 aliphatic rings. The summed E-state index contributed by atoms with van der Waals surface area (Å²) < 4.78 is 68.0. The van der Waals surface area contributed by atoms with Crippen LogP contribution in [0.2, 0.25) is 0 Å². The summed E-state index contributed by atoms with van der Waals surface area (Å²) in [6.07, 6.45) is -3.71. The number of aldehydes is 1. The van der Waals surface area contributed by atoms with Gasteiger partial charge in [-0.3, -0.25) is 19.2 Å². The van der Waals surface area contributed by atoms with Crippen LogP contribution in [0.15, 0.2) is 24.3 Å². The summed E-state index contributed by atoms with van der Waals surface area (Å²) in [4.78, 5) is 66.4. The average Bonchev–Trinajstić information content (AvgIpc) is 3.18. The molecule has 18 nitrogen and oxygen atoms in total. The van der Waals surface area contributed by atoms with Crippen molar-refractivity contribution in [3.05, 3.63) is 24.3 Å². The number of methoxy groups -OCH3 is 1. The summed E-state index contributed by atoms with van der Waals surface area (Å²) in [7, 11) is 4.92. The normalized spacial score (nSPS) is 37.6. The summed E-state index contributed by atoms with van der Waals surface area (Å²) in [6, 6.07) is -0.777. The molecular weight excluding hydrogens is 863 g/mol. The predicted octanol–water partition coefficient (Wildman–Crippen LogP) is 4.99. The minimum Gasteiger partial charge on any atom is -0.462 e. The molecule has 2 fully saturated rings. The predicted molar refractivity (Wildman–Crippen MR) is 239 cm³/mol. The van der Waals surface area contributed by atoms with Gasteiger partial charge in [0.1, 0.15) is 36.3 Å². The van der Waals surface area contributed by atoms with Gasteiger partial charge < -0.3 is 66.9 Å². The Morgan fingerprint density at radius 1 is 0.939 bits per heavy atom. The van der Waals surface area contributed by atoms with Crippen LogP contribution in [-0.4, -0.2) is 160 Å². The Balaban J connectivity index is 2.13. The standard InChI is InChI=1S/C48H79NO17/c1-15-57-34(10)63-36-20-18-16-17-19-29(5)58-39(54)25-37(61-32(8)51)44(56-14)43(35(21-22-50)24-28(36)4)66-47-45(62-33(9)52)41(49(12)13)42(30(6)60-47)65-40-26-48(11,55)46(31(7)59-40)64-38(53)23-27(2)3/h16-18,20,22,27-31,34-37,40-47,55H,15,19,21,23-26H2,1-14H3/b17-16+,20-18+/t28-,29-,30-,31+,34?,35+,36+,37-,40+,41+,42-,43+,44+,45-,46+,47+,48-/m1/s1. The SMILES string of the molecule is CCOC(C)O[C@H]1/C=C/C=C/C[C@@H](C)OC(=O)C[C@@H](OC(C)=O)[C@H](OC)[C@@H](O[C@@H]2O[C@H](C)[C@@H](O[C@H]3C[C@@](C)(O)[C@@H](OC(=O)CC(C)C)[C@H](C)O3)[C@H](N(C)C)[C@H]2OC(C)=O)[C@@H](CC=O)C[C@H]1C. The van der Waals surface area contributed by atoms with Crippen molar-refractivity contribution >= 4 is 30.2 Å². The van der Waals surface area contributed by atoms with Gasteiger partial charge >= 0.3 is 23.9 Å². The van der Waals surface area contributed by atoms with Gasteiger partial charge in [0.05, 0.1) is 36.9 Å². The van der Waals surface area contributed by atoms with Crippen LogP contribution in [0.5, 0.6) is 0 Å². The van der Waals surface area contributed by atoms with Crippen molar-refractivity contribution in [1.29, 1.82) is 0 Å². The van der Waals surface area contributed by atoms with Gasteiger partial charge in [0.15, 0.2) is 31.1 Å². The zero-order valence-corrected chi connectivity index (χ0v) is 41.6. The zero-order valence-electron chi connectivity index (χ0n) is 41.6. The third-order valence-corrected chi connectivity index (χ3v) is 11.9. The van der Waals surface area contributed by atoms with E-state index in [1.54, 1.807) is 53.6 Å². The first kappa shape index (κ1) is 57.0. The molecule has 0 spiro atoms. The van der Waals surface area contributed by atoms with E-state index in [1.807, 2.05) is 52.0 Å². The molecular formula is C48H79NO17. The lowest BCUT2D eigenvalue weighted by molar-refractivity contribution is -0.345. The molecule has 0 aromatic rings. The van der Waals surface area contributed by atoms with Crippen LogP contribution in [0.3, 0.4) is 0 Å². The number of allylic oxidation sites excluding steroid dienone is 2. The van der Waals surface area contributed by atoms with Crippen molar-refractivity contribution in [3.8, 4) is 0 Å². The molecule has 2 saturated heterocycles. The molecule has 3 heterocycles. The Hall–Kier alpha value is -3.33. The van der Waals surface area contributed by atoms with Crippen LogP contribution < -0.4 is 0 Å². The van der Waals surface area contributed by atoms with Gasteiger partial charge in [-0.15, -0.1) is 0 Å². The highest BCUT2D eigenvalue weighted by molar-refractivity contribution is 5.72. The highest BCUT2D eigenvalue weighted by Gasteiger charge is 2.54. The van der Waals surface area contributed by atoms with E-state index in [4.69, 9.17) is 52.1 Å². The monoisotopic (exact) mass is 942 g/mol. The third kappa shape index (κ3) is 17.3. The molecule has 0 saturated carbocycles. The van der Waals surface area contributed by atoms with E-state index in [1.165, 1.54) is 21.0 Å². The van der Waals surface area contributed by atoms with Gasteiger partial charge in [0, 0.05) is 53.2 Å². The minimum absolute atomic E-state index is 0.0562. The van der Waals surface area contributed by atoms with Crippen LogP contribution in [0.1, 0.15) is 115 Å². The Bertz CT molecular complexity index is 1600. The topological polar surface area (TPSA) is 210 Å². The van der Waals surface area contributed by atoms with Crippen LogP contribution >= 0.6 is 0 Å². The highest BCUT2D eigenvalue weighted by atomic mass is 16.7. The van der Waals surface area contributed by atoms with Crippen molar-refractivity contribution in [2.24, 2.45) is 17.8 Å². The van der Waals surface area contributed by atoms with Gasteiger partial charge in [-0.2, -0.15) is 0 Å². The second kappa shape index (κ2) is 27.0. The number of carbonyl (C=O) groups is 5. The van der Waals surface area contributed by atoms with Gasteiger partial charge in [0.2, 0.25) is 0 Å². The number of cyclic esters (lactones) is 1. The maximum absolute atomic E-state index is 13.5. The van der Waals surface area contributed by atoms with Gasteiger partial charge in [-0.25, -0.2) is 0 Å². The number of rotatable bonds is 17. The first-order valence-corrected chi connectivity index (χ1v) is 23.3. The van der Waals surface area contributed by atoms with Crippen molar-refractivity contribution in [1.82, 2.24) is 4.90 Å². The smallest absolute Gasteiger partial charge is 0.309 e. The first-order valence-electron chi connectivity index (χ1n) is 23.3. The number of carbonyl (C=O) groups excluding carboxylic acids is 5.